The number of carbonyl (C=O) groups excluding carboxylic acids is 1. The van der Waals surface area contributed by atoms with Gasteiger partial charge in [-0.05, 0) is 35.4 Å². The second kappa shape index (κ2) is 9.69. The molecule has 0 atom stereocenters. The number of hydrogen-bond acceptors (Lipinski definition) is 6. The Labute approximate surface area is 202 Å². The molecule has 7 heteroatoms. The van der Waals surface area contributed by atoms with Crippen LogP contribution in [-0.2, 0) is 11.3 Å². The molecule has 0 spiro atoms. The molecule has 3 aromatic carbocycles. The van der Waals surface area contributed by atoms with Crippen molar-refractivity contribution in [3.8, 4) is 34.0 Å². The summed E-state index contributed by atoms with van der Waals surface area (Å²) in [5, 5.41) is 4.38. The number of ether oxygens (including phenoxy) is 3. The molecule has 35 heavy (non-hydrogen) atoms. The minimum absolute atomic E-state index is 0.152. The molecule has 7 nitrogen and oxygen atoms in total. The SMILES string of the molecule is COC(=O)c1cc2nc(-c3ccc(OCc4ccccc4)cc3)c(-c3ccccc3)c(OC)n2n1. The third-order valence-electron chi connectivity index (χ3n) is 5.59. The highest BCUT2D eigenvalue weighted by molar-refractivity contribution is 5.90. The molecule has 5 rings (SSSR count). The van der Waals surface area contributed by atoms with Gasteiger partial charge in [0.2, 0.25) is 5.88 Å². The number of carbonyl (C=O) groups is 1. The Hall–Kier alpha value is -4.65. The average molecular weight is 466 g/mol. The van der Waals surface area contributed by atoms with Gasteiger partial charge in [0.25, 0.3) is 0 Å². The van der Waals surface area contributed by atoms with Crippen molar-refractivity contribution >= 4 is 11.6 Å². The van der Waals surface area contributed by atoms with Gasteiger partial charge in [-0.25, -0.2) is 9.78 Å². The predicted octanol–water partition coefficient (Wildman–Crippen LogP) is 5.44. The van der Waals surface area contributed by atoms with Crippen LogP contribution in [0.3, 0.4) is 0 Å². The zero-order chi connectivity index (χ0) is 24.2. The van der Waals surface area contributed by atoms with Crippen LogP contribution in [0.25, 0.3) is 28.0 Å². The predicted molar refractivity (Wildman–Crippen MR) is 133 cm³/mol. The highest BCUT2D eigenvalue weighted by Gasteiger charge is 2.22. The van der Waals surface area contributed by atoms with E-state index in [0.29, 0.717) is 23.8 Å². The highest BCUT2D eigenvalue weighted by Crippen LogP contribution is 2.39. The highest BCUT2D eigenvalue weighted by atomic mass is 16.5. The summed E-state index contributed by atoms with van der Waals surface area (Å²) in [4.78, 5) is 17.0. The molecule has 0 aliphatic carbocycles. The first-order valence-electron chi connectivity index (χ1n) is 11.1. The van der Waals surface area contributed by atoms with Crippen molar-refractivity contribution in [2.75, 3.05) is 14.2 Å². The molecule has 174 valence electrons. The largest absolute Gasteiger partial charge is 0.489 e. The van der Waals surface area contributed by atoms with E-state index in [1.807, 2.05) is 84.9 Å². The number of rotatable bonds is 7. The van der Waals surface area contributed by atoms with E-state index in [1.165, 1.54) is 11.6 Å². The summed E-state index contributed by atoms with van der Waals surface area (Å²) in [6, 6.07) is 29.2. The maximum absolute atomic E-state index is 12.1. The van der Waals surface area contributed by atoms with Gasteiger partial charge in [-0.2, -0.15) is 9.61 Å². The molecule has 0 bridgehead atoms. The summed E-state index contributed by atoms with van der Waals surface area (Å²) in [5.74, 6) is 0.681. The summed E-state index contributed by atoms with van der Waals surface area (Å²) >= 11 is 0. The molecule has 0 aliphatic heterocycles. The molecular weight excluding hydrogens is 442 g/mol. The molecule has 0 saturated heterocycles. The Morgan fingerprint density at radius 2 is 1.54 bits per heavy atom. The second-order valence-corrected chi connectivity index (χ2v) is 7.80. The molecule has 0 amide bonds. The summed E-state index contributed by atoms with van der Waals surface area (Å²) in [6.07, 6.45) is 0. The van der Waals surface area contributed by atoms with E-state index in [4.69, 9.17) is 19.2 Å². The normalized spacial score (nSPS) is 10.8. The van der Waals surface area contributed by atoms with E-state index in [2.05, 4.69) is 5.10 Å². The van der Waals surface area contributed by atoms with Crippen LogP contribution in [0.2, 0.25) is 0 Å². The number of nitrogens with zero attached hydrogens (tertiary/aromatic N) is 3. The third-order valence-corrected chi connectivity index (χ3v) is 5.59. The van der Waals surface area contributed by atoms with E-state index in [1.54, 1.807) is 13.2 Å². The zero-order valence-corrected chi connectivity index (χ0v) is 19.3. The fraction of sp³-hybridized carbons (Fsp3) is 0.107. The average Bonchev–Trinajstić information content (AvgIpc) is 3.36. The lowest BCUT2D eigenvalue weighted by atomic mass is 10.00. The first kappa shape index (κ1) is 22.2. The minimum Gasteiger partial charge on any atom is -0.489 e. The van der Waals surface area contributed by atoms with Gasteiger partial charge in [-0.15, -0.1) is 0 Å². The van der Waals surface area contributed by atoms with Crippen LogP contribution in [0.1, 0.15) is 16.1 Å². The number of benzene rings is 3. The molecule has 0 saturated carbocycles. The molecule has 0 radical (unpaired) electrons. The fourth-order valence-electron chi connectivity index (χ4n) is 3.89. The number of hydrogen-bond donors (Lipinski definition) is 0. The van der Waals surface area contributed by atoms with Gasteiger partial charge in [-0.3, -0.25) is 0 Å². The lowest BCUT2D eigenvalue weighted by Gasteiger charge is -2.15. The van der Waals surface area contributed by atoms with E-state index in [9.17, 15) is 4.79 Å². The zero-order valence-electron chi connectivity index (χ0n) is 19.3. The van der Waals surface area contributed by atoms with Crippen molar-refractivity contribution in [2.45, 2.75) is 6.61 Å². The number of aromatic nitrogens is 3. The molecule has 2 heterocycles. The van der Waals surface area contributed by atoms with Crippen molar-refractivity contribution in [1.29, 1.82) is 0 Å². The minimum atomic E-state index is -0.541. The molecule has 0 N–H and O–H groups in total. The molecule has 2 aromatic heterocycles. The lowest BCUT2D eigenvalue weighted by molar-refractivity contribution is 0.0593. The van der Waals surface area contributed by atoms with Crippen molar-refractivity contribution < 1.29 is 19.0 Å². The van der Waals surface area contributed by atoms with Crippen LogP contribution in [0.4, 0.5) is 0 Å². The summed E-state index contributed by atoms with van der Waals surface area (Å²) in [7, 11) is 2.89. The maximum atomic E-state index is 12.1. The van der Waals surface area contributed by atoms with Crippen LogP contribution in [0.15, 0.2) is 91.0 Å². The first-order chi connectivity index (χ1) is 17.2. The summed E-state index contributed by atoms with van der Waals surface area (Å²) in [5.41, 5.74) is 4.97. The molecule has 0 fully saturated rings. The van der Waals surface area contributed by atoms with Gasteiger partial charge < -0.3 is 14.2 Å². The smallest absolute Gasteiger partial charge is 0.358 e. The van der Waals surface area contributed by atoms with Crippen LogP contribution in [0.5, 0.6) is 11.6 Å². The van der Waals surface area contributed by atoms with E-state index < -0.39 is 5.97 Å². The van der Waals surface area contributed by atoms with Crippen molar-refractivity contribution in [3.05, 3.63) is 102 Å². The van der Waals surface area contributed by atoms with E-state index >= 15 is 0 Å². The van der Waals surface area contributed by atoms with Crippen LogP contribution >= 0.6 is 0 Å². The summed E-state index contributed by atoms with van der Waals surface area (Å²) in [6.45, 7) is 0.486. The van der Waals surface area contributed by atoms with Crippen molar-refractivity contribution in [1.82, 2.24) is 14.6 Å². The van der Waals surface area contributed by atoms with Crippen molar-refractivity contribution in [2.24, 2.45) is 0 Å². The van der Waals surface area contributed by atoms with Gasteiger partial charge in [0.15, 0.2) is 11.3 Å². The topological polar surface area (TPSA) is 75.0 Å². The van der Waals surface area contributed by atoms with Gasteiger partial charge in [0.1, 0.15) is 12.4 Å². The van der Waals surface area contributed by atoms with Crippen LogP contribution in [0, 0.1) is 0 Å². The summed E-state index contributed by atoms with van der Waals surface area (Å²) < 4.78 is 18.1. The third kappa shape index (κ3) is 4.44. The number of esters is 1. The molecular formula is C28H23N3O4. The Balaban J connectivity index is 1.59. The van der Waals surface area contributed by atoms with Crippen LogP contribution in [-0.4, -0.2) is 34.8 Å². The first-order valence-corrected chi connectivity index (χ1v) is 11.1. The standard InChI is InChI=1S/C28H23N3O4/c1-33-27-25(20-11-7-4-8-12-20)26(29-24-17-23(28(32)34-2)30-31(24)27)21-13-15-22(16-14-21)35-18-19-9-5-3-6-10-19/h3-17H,18H2,1-2H3. The molecule has 5 aromatic rings. The van der Waals surface area contributed by atoms with Crippen LogP contribution < -0.4 is 9.47 Å². The Morgan fingerprint density at radius 3 is 2.20 bits per heavy atom. The van der Waals surface area contributed by atoms with E-state index in [0.717, 1.165) is 28.0 Å². The lowest BCUT2D eigenvalue weighted by Crippen LogP contribution is -2.05. The van der Waals surface area contributed by atoms with Gasteiger partial charge in [-0.1, -0.05) is 60.7 Å². The fourth-order valence-corrected chi connectivity index (χ4v) is 3.89. The second-order valence-electron chi connectivity index (χ2n) is 7.80. The Bertz CT molecular complexity index is 1460. The Morgan fingerprint density at radius 1 is 0.857 bits per heavy atom. The van der Waals surface area contributed by atoms with Crippen molar-refractivity contribution in [3.63, 3.8) is 0 Å². The van der Waals surface area contributed by atoms with Gasteiger partial charge in [0.05, 0.1) is 25.5 Å². The van der Waals surface area contributed by atoms with E-state index in [-0.39, 0.29) is 5.69 Å². The monoisotopic (exact) mass is 465 g/mol. The number of methoxy groups -OCH3 is 2. The molecule has 0 aliphatic rings. The van der Waals surface area contributed by atoms with Gasteiger partial charge >= 0.3 is 5.97 Å². The maximum Gasteiger partial charge on any atom is 0.358 e. The van der Waals surface area contributed by atoms with Gasteiger partial charge in [0, 0.05) is 11.6 Å². The molecule has 0 unspecified atom stereocenters. The Kier molecular flexibility index (Phi) is 6.13. The number of fused-ring (bicyclic) bond motifs is 1. The quantitative estimate of drug-likeness (QED) is 0.298.